The Hall–Kier alpha value is -0.687. The summed E-state index contributed by atoms with van der Waals surface area (Å²) in [6, 6.07) is 8.84. The van der Waals surface area contributed by atoms with Crippen LogP contribution in [0, 0.1) is 0 Å². The van der Waals surface area contributed by atoms with Gasteiger partial charge in [0.2, 0.25) is 0 Å². The van der Waals surface area contributed by atoms with Gasteiger partial charge in [0.1, 0.15) is 0 Å². The molecule has 2 unspecified atom stereocenters. The van der Waals surface area contributed by atoms with E-state index in [1.165, 1.54) is 11.3 Å². The van der Waals surface area contributed by atoms with Gasteiger partial charge in [0.05, 0.1) is 0 Å². The first-order chi connectivity index (χ1) is 6.45. The molecule has 0 saturated heterocycles. The van der Waals surface area contributed by atoms with Crippen molar-refractivity contribution in [3.63, 3.8) is 0 Å². The Kier molecular flexibility index (Phi) is 2.69. The van der Waals surface area contributed by atoms with E-state index in [2.05, 4.69) is 40.8 Å². The molecule has 1 N–H and O–H groups in total. The van der Waals surface area contributed by atoms with Gasteiger partial charge in [0.25, 0.3) is 0 Å². The molecule has 1 aromatic carbocycles. The van der Waals surface area contributed by atoms with Crippen molar-refractivity contribution in [3.8, 4) is 0 Å². The zero-order valence-electron chi connectivity index (χ0n) is 7.68. The molecule has 0 bridgehead atoms. The van der Waals surface area contributed by atoms with E-state index >= 15 is 0 Å². The molecule has 0 spiro atoms. The van der Waals surface area contributed by atoms with Gasteiger partial charge in [0, 0.05) is 12.2 Å². The number of anilines is 1. The topological polar surface area (TPSA) is 24.4 Å². The third kappa shape index (κ3) is 1.40. The van der Waals surface area contributed by atoms with Gasteiger partial charge < -0.3 is 16.5 Å². The zero-order valence-corrected chi connectivity index (χ0v) is 9.42. The molecule has 2 aliphatic rings. The van der Waals surface area contributed by atoms with Crippen LogP contribution in [0.25, 0.3) is 0 Å². The van der Waals surface area contributed by atoms with Crippen LogP contribution in [0.1, 0.15) is 17.9 Å². The number of para-hydroxylation sites is 1. The number of benzene rings is 1. The van der Waals surface area contributed by atoms with Gasteiger partial charge in [-0.25, -0.2) is 0 Å². The minimum Gasteiger partial charge on any atom is -0.501 e. The Balaban J connectivity index is 0.000000750. The summed E-state index contributed by atoms with van der Waals surface area (Å²) in [7, 11) is 0. The molecule has 3 heteroatoms. The van der Waals surface area contributed by atoms with E-state index in [1.54, 1.807) is 0 Å². The second-order valence-electron chi connectivity index (χ2n) is 3.62. The van der Waals surface area contributed by atoms with Crippen molar-refractivity contribution < 1.29 is 19.5 Å². The Bertz CT molecular complexity index is 362. The largest absolute Gasteiger partial charge is 1.00 e. The molecule has 14 heavy (non-hydrogen) atoms. The molecule has 0 fully saturated rings. The fourth-order valence-electron chi connectivity index (χ4n) is 2.21. The van der Waals surface area contributed by atoms with Crippen LogP contribution >= 0.6 is 0 Å². The average Bonchev–Trinajstić information content (AvgIpc) is 2.56. The maximum absolute atomic E-state index is 4.19. The third-order valence-corrected chi connectivity index (χ3v) is 2.86. The molecule has 2 aliphatic heterocycles. The van der Waals surface area contributed by atoms with Crippen LogP contribution < -0.4 is 5.32 Å². The summed E-state index contributed by atoms with van der Waals surface area (Å²) in [5.41, 5.74) is 2.71. The molecule has 0 saturated carbocycles. The minimum absolute atomic E-state index is 0. The number of nitrogens with one attached hydrogen (secondary N) is 1. The van der Waals surface area contributed by atoms with Gasteiger partial charge in [-0.15, -0.1) is 0 Å². The standard InChI is InChI=1S/C11H11N2.Ru/c1-2-4-10-8(3-1)9-5-6-12-7-11(9)13-10;/h1-4,9,11,13H,5-6H2;/q-1;+1. The van der Waals surface area contributed by atoms with Gasteiger partial charge >= 0.3 is 19.5 Å². The number of nitrogens with zero attached hydrogens (tertiary/aromatic N) is 1. The number of aliphatic imine (C=N–C) groups is 1. The molecule has 2 nitrogen and oxygen atoms in total. The quantitative estimate of drug-likeness (QED) is 0.566. The molecule has 1 radical (unpaired) electrons. The molecule has 0 amide bonds. The zero-order chi connectivity index (χ0) is 8.67. The monoisotopic (exact) mass is 273 g/mol. The second kappa shape index (κ2) is 3.82. The van der Waals surface area contributed by atoms with Crippen LogP contribution in [0.5, 0.6) is 0 Å². The summed E-state index contributed by atoms with van der Waals surface area (Å²) in [5.74, 6) is 0.605. The van der Waals surface area contributed by atoms with Crippen molar-refractivity contribution in [2.45, 2.75) is 18.4 Å². The summed E-state index contributed by atoms with van der Waals surface area (Å²) in [5, 5.41) is 3.43. The molecule has 2 heterocycles. The molecule has 2 atom stereocenters. The van der Waals surface area contributed by atoms with Crippen molar-refractivity contribution in [2.75, 3.05) is 11.9 Å². The first-order valence-electron chi connectivity index (χ1n) is 4.72. The summed E-state index contributed by atoms with van der Waals surface area (Å²) >= 11 is 0. The van der Waals surface area contributed by atoms with Gasteiger partial charge in [0.15, 0.2) is 0 Å². The van der Waals surface area contributed by atoms with E-state index < -0.39 is 0 Å². The summed E-state index contributed by atoms with van der Waals surface area (Å²) in [4.78, 5) is 4.19. The summed E-state index contributed by atoms with van der Waals surface area (Å²) < 4.78 is 0. The molecular formula is C11H11N2Ru. The SMILES string of the molecule is [C-]1=NCCC2c3ccccc3NC12.[Ru+]. The number of hydrogen-bond acceptors (Lipinski definition) is 2. The number of rotatable bonds is 0. The van der Waals surface area contributed by atoms with E-state index in [-0.39, 0.29) is 19.5 Å². The van der Waals surface area contributed by atoms with E-state index in [0.29, 0.717) is 12.0 Å². The minimum atomic E-state index is 0. The van der Waals surface area contributed by atoms with Crippen LogP contribution in [0.2, 0.25) is 0 Å². The molecule has 0 aromatic heterocycles. The van der Waals surface area contributed by atoms with Gasteiger partial charge in [-0.05, 0) is 24.0 Å². The van der Waals surface area contributed by atoms with E-state index in [9.17, 15) is 0 Å². The average molecular weight is 272 g/mol. The molecule has 3 rings (SSSR count). The first kappa shape index (κ1) is 9.85. The van der Waals surface area contributed by atoms with Crippen molar-refractivity contribution in [1.29, 1.82) is 0 Å². The van der Waals surface area contributed by atoms with Gasteiger partial charge in [-0.2, -0.15) is 0 Å². The molecule has 73 valence electrons. The van der Waals surface area contributed by atoms with Crippen LogP contribution in [0.3, 0.4) is 0 Å². The summed E-state index contributed by atoms with van der Waals surface area (Å²) in [6.07, 6.45) is 4.30. The maximum atomic E-state index is 4.19. The fraction of sp³-hybridized carbons (Fsp3) is 0.364. The Labute approximate surface area is 96.6 Å². The van der Waals surface area contributed by atoms with E-state index in [0.717, 1.165) is 13.0 Å². The smallest absolute Gasteiger partial charge is 0.501 e. The predicted molar refractivity (Wildman–Crippen MR) is 53.5 cm³/mol. The molecule has 1 aromatic rings. The van der Waals surface area contributed by atoms with E-state index in [1.807, 2.05) is 0 Å². The normalized spacial score (nSPS) is 27.1. The molecular weight excluding hydrogens is 261 g/mol. The Morgan fingerprint density at radius 1 is 1.36 bits per heavy atom. The Morgan fingerprint density at radius 2 is 2.21 bits per heavy atom. The van der Waals surface area contributed by atoms with Gasteiger partial charge in [-0.3, -0.25) is 0 Å². The Morgan fingerprint density at radius 3 is 3.14 bits per heavy atom. The first-order valence-corrected chi connectivity index (χ1v) is 4.72. The van der Waals surface area contributed by atoms with Crippen LogP contribution in [0.4, 0.5) is 5.69 Å². The predicted octanol–water partition coefficient (Wildman–Crippen LogP) is 1.91. The maximum Gasteiger partial charge on any atom is 1.00 e. The van der Waals surface area contributed by atoms with Crippen molar-refractivity contribution in [3.05, 3.63) is 29.8 Å². The second-order valence-corrected chi connectivity index (χ2v) is 3.62. The third-order valence-electron chi connectivity index (χ3n) is 2.86. The van der Waals surface area contributed by atoms with Gasteiger partial charge in [-0.1, -0.05) is 24.2 Å². The number of fused-ring (bicyclic) bond motifs is 3. The van der Waals surface area contributed by atoms with Crippen LogP contribution in [-0.2, 0) is 19.5 Å². The molecule has 0 aliphatic carbocycles. The van der Waals surface area contributed by atoms with Crippen LogP contribution in [-0.4, -0.2) is 18.8 Å². The number of hydrogen-bond donors (Lipinski definition) is 1. The van der Waals surface area contributed by atoms with Crippen LogP contribution in [0.15, 0.2) is 29.3 Å². The van der Waals surface area contributed by atoms with Crippen molar-refractivity contribution in [1.82, 2.24) is 0 Å². The van der Waals surface area contributed by atoms with E-state index in [4.69, 9.17) is 0 Å². The summed E-state index contributed by atoms with van der Waals surface area (Å²) in [6.45, 7) is 0.928. The fourth-order valence-corrected chi connectivity index (χ4v) is 2.21. The van der Waals surface area contributed by atoms with Crippen molar-refractivity contribution >= 4 is 11.9 Å². The van der Waals surface area contributed by atoms with Crippen molar-refractivity contribution in [2.24, 2.45) is 4.99 Å².